The smallest absolute Gasteiger partial charge is 0.326 e. The highest BCUT2D eigenvalue weighted by Crippen LogP contribution is 2.22. The Morgan fingerprint density at radius 3 is 2.65 bits per heavy atom. The van der Waals surface area contributed by atoms with Crippen molar-refractivity contribution in [3.05, 3.63) is 35.9 Å². The summed E-state index contributed by atoms with van der Waals surface area (Å²) < 4.78 is 0. The van der Waals surface area contributed by atoms with Crippen molar-refractivity contribution in [1.29, 1.82) is 0 Å². The van der Waals surface area contributed by atoms with E-state index in [1.54, 1.807) is 0 Å². The van der Waals surface area contributed by atoms with Gasteiger partial charge < -0.3 is 10.0 Å². The van der Waals surface area contributed by atoms with Crippen LogP contribution in [0.25, 0.3) is 0 Å². The minimum atomic E-state index is -0.927. The fourth-order valence-electron chi connectivity index (χ4n) is 2.63. The van der Waals surface area contributed by atoms with Crippen molar-refractivity contribution >= 4 is 23.5 Å². The van der Waals surface area contributed by atoms with E-state index in [-0.39, 0.29) is 17.7 Å². The van der Waals surface area contributed by atoms with Crippen LogP contribution in [0, 0.1) is 5.92 Å². The van der Waals surface area contributed by atoms with Crippen LogP contribution >= 0.6 is 11.6 Å². The number of hydrogen-bond donors (Lipinski definition) is 1. The van der Waals surface area contributed by atoms with Crippen molar-refractivity contribution in [1.82, 2.24) is 4.90 Å². The summed E-state index contributed by atoms with van der Waals surface area (Å²) in [6.45, 7) is 0.512. The van der Waals surface area contributed by atoms with Crippen LogP contribution in [0.3, 0.4) is 0 Å². The van der Waals surface area contributed by atoms with Gasteiger partial charge in [-0.2, -0.15) is 0 Å². The molecular formula is C15H18ClNO3. The first-order valence-corrected chi connectivity index (χ1v) is 7.30. The zero-order valence-corrected chi connectivity index (χ0v) is 11.9. The highest BCUT2D eigenvalue weighted by Gasteiger charge is 2.36. The second kappa shape index (κ2) is 6.75. The Labute approximate surface area is 123 Å². The van der Waals surface area contributed by atoms with Gasteiger partial charge in [0.2, 0.25) is 5.91 Å². The lowest BCUT2D eigenvalue weighted by Gasteiger charge is -2.25. The standard InChI is InChI=1S/C15H18ClNO3/c16-10-12(9-11-5-2-1-3-6-11)14(18)17-8-4-7-13(17)15(19)20/h1-3,5-6,12-13H,4,7-10H2,(H,19,20)/t12-,13?/m0/s1. The average molecular weight is 296 g/mol. The van der Waals surface area contributed by atoms with Crippen LogP contribution in [0.4, 0.5) is 0 Å². The van der Waals surface area contributed by atoms with Crippen LogP contribution in [0.1, 0.15) is 18.4 Å². The molecule has 2 rings (SSSR count). The third-order valence-corrected chi connectivity index (χ3v) is 4.05. The lowest BCUT2D eigenvalue weighted by Crippen LogP contribution is -2.44. The van der Waals surface area contributed by atoms with Crippen LogP contribution in [0.2, 0.25) is 0 Å². The number of aliphatic carboxylic acids is 1. The lowest BCUT2D eigenvalue weighted by atomic mass is 9.99. The number of likely N-dealkylation sites (tertiary alicyclic amines) is 1. The molecule has 1 aliphatic rings. The van der Waals surface area contributed by atoms with E-state index in [4.69, 9.17) is 16.7 Å². The number of nitrogens with zero attached hydrogens (tertiary/aromatic N) is 1. The molecule has 20 heavy (non-hydrogen) atoms. The van der Waals surface area contributed by atoms with E-state index in [0.29, 0.717) is 19.4 Å². The molecule has 2 atom stereocenters. The predicted molar refractivity (Wildman–Crippen MR) is 76.7 cm³/mol. The third kappa shape index (κ3) is 3.31. The molecule has 1 amide bonds. The normalized spacial score (nSPS) is 19.9. The molecule has 0 saturated carbocycles. The number of alkyl halides is 1. The number of benzene rings is 1. The number of hydrogen-bond acceptors (Lipinski definition) is 2. The maximum absolute atomic E-state index is 12.5. The van der Waals surface area contributed by atoms with Gasteiger partial charge in [-0.25, -0.2) is 4.79 Å². The molecule has 1 N–H and O–H groups in total. The van der Waals surface area contributed by atoms with Crippen molar-refractivity contribution in [2.45, 2.75) is 25.3 Å². The highest BCUT2D eigenvalue weighted by atomic mass is 35.5. The quantitative estimate of drug-likeness (QED) is 0.847. The van der Waals surface area contributed by atoms with Gasteiger partial charge in [-0.15, -0.1) is 11.6 Å². The zero-order chi connectivity index (χ0) is 14.5. The van der Waals surface area contributed by atoms with Gasteiger partial charge in [-0.3, -0.25) is 4.79 Å². The summed E-state index contributed by atoms with van der Waals surface area (Å²) in [5.41, 5.74) is 1.04. The molecule has 0 aromatic heterocycles. The summed E-state index contributed by atoms with van der Waals surface area (Å²) in [5.74, 6) is -1.23. The molecule has 0 spiro atoms. The number of rotatable bonds is 5. The molecule has 1 saturated heterocycles. The van der Waals surface area contributed by atoms with Crippen LogP contribution in [-0.2, 0) is 16.0 Å². The topological polar surface area (TPSA) is 57.6 Å². The Bertz CT molecular complexity index is 477. The summed E-state index contributed by atoms with van der Waals surface area (Å²) >= 11 is 5.92. The summed E-state index contributed by atoms with van der Waals surface area (Å²) in [6.07, 6.45) is 1.82. The molecule has 4 nitrogen and oxygen atoms in total. The van der Waals surface area contributed by atoms with Crippen LogP contribution < -0.4 is 0 Å². The molecule has 1 aromatic carbocycles. The number of carbonyl (C=O) groups excluding carboxylic acids is 1. The molecule has 108 valence electrons. The monoisotopic (exact) mass is 295 g/mol. The minimum absolute atomic E-state index is 0.145. The van der Waals surface area contributed by atoms with Gasteiger partial charge in [-0.05, 0) is 24.8 Å². The molecule has 5 heteroatoms. The molecule has 1 heterocycles. The molecule has 0 aliphatic carbocycles. The van der Waals surface area contributed by atoms with Gasteiger partial charge in [0.1, 0.15) is 6.04 Å². The second-order valence-corrected chi connectivity index (χ2v) is 5.38. The fourth-order valence-corrected chi connectivity index (χ4v) is 2.87. The Morgan fingerprint density at radius 2 is 2.05 bits per heavy atom. The van der Waals surface area contributed by atoms with Gasteiger partial charge in [-0.1, -0.05) is 30.3 Å². The maximum atomic E-state index is 12.5. The fraction of sp³-hybridized carbons (Fsp3) is 0.467. The van der Waals surface area contributed by atoms with Crippen molar-refractivity contribution in [2.24, 2.45) is 5.92 Å². The van der Waals surface area contributed by atoms with E-state index >= 15 is 0 Å². The van der Waals surface area contributed by atoms with Crippen molar-refractivity contribution in [3.8, 4) is 0 Å². The van der Waals surface area contributed by atoms with E-state index in [1.165, 1.54) is 4.90 Å². The number of carbonyl (C=O) groups is 2. The summed E-state index contributed by atoms with van der Waals surface area (Å²) in [5, 5.41) is 9.15. The number of halogens is 1. The Morgan fingerprint density at radius 1 is 1.35 bits per heavy atom. The summed E-state index contributed by atoms with van der Waals surface area (Å²) in [7, 11) is 0. The number of carboxylic acids is 1. The molecule has 1 aliphatic heterocycles. The molecule has 1 aromatic rings. The van der Waals surface area contributed by atoms with E-state index in [0.717, 1.165) is 12.0 Å². The third-order valence-electron chi connectivity index (χ3n) is 3.68. The zero-order valence-electron chi connectivity index (χ0n) is 11.2. The largest absolute Gasteiger partial charge is 0.480 e. The van der Waals surface area contributed by atoms with E-state index in [1.807, 2.05) is 30.3 Å². The van der Waals surface area contributed by atoms with Gasteiger partial charge in [0, 0.05) is 12.4 Å². The average Bonchev–Trinajstić information content (AvgIpc) is 2.94. The highest BCUT2D eigenvalue weighted by molar-refractivity contribution is 6.19. The molecule has 0 bridgehead atoms. The number of carboxylic acid groups (broad SMARTS) is 1. The lowest BCUT2D eigenvalue weighted by molar-refractivity contribution is -0.149. The first-order valence-electron chi connectivity index (χ1n) is 6.76. The SMILES string of the molecule is O=C(O)C1CCCN1C(=O)[C@H](CCl)Cc1ccccc1. The van der Waals surface area contributed by atoms with Crippen molar-refractivity contribution in [3.63, 3.8) is 0 Å². The van der Waals surface area contributed by atoms with Gasteiger partial charge in [0.05, 0.1) is 5.92 Å². The molecule has 1 fully saturated rings. The van der Waals surface area contributed by atoms with Crippen LogP contribution in [0.5, 0.6) is 0 Å². The first kappa shape index (κ1) is 14.9. The predicted octanol–water partition coefficient (Wildman–Crippen LogP) is 2.16. The molecule has 1 unspecified atom stereocenters. The van der Waals surface area contributed by atoms with Gasteiger partial charge in [0.15, 0.2) is 0 Å². The van der Waals surface area contributed by atoms with E-state index in [2.05, 4.69) is 0 Å². The van der Waals surface area contributed by atoms with Crippen molar-refractivity contribution in [2.75, 3.05) is 12.4 Å². The maximum Gasteiger partial charge on any atom is 0.326 e. The Balaban J connectivity index is 2.07. The molecule has 0 radical (unpaired) electrons. The van der Waals surface area contributed by atoms with E-state index in [9.17, 15) is 9.59 Å². The van der Waals surface area contributed by atoms with E-state index < -0.39 is 12.0 Å². The second-order valence-electron chi connectivity index (χ2n) is 5.07. The van der Waals surface area contributed by atoms with Crippen LogP contribution in [0.15, 0.2) is 30.3 Å². The van der Waals surface area contributed by atoms with Crippen molar-refractivity contribution < 1.29 is 14.7 Å². The summed E-state index contributed by atoms with van der Waals surface area (Å²) in [4.78, 5) is 25.1. The van der Waals surface area contributed by atoms with Crippen LogP contribution in [-0.4, -0.2) is 40.3 Å². The summed E-state index contributed by atoms with van der Waals surface area (Å²) in [6, 6.07) is 8.96. The first-order chi connectivity index (χ1) is 9.63. The van der Waals surface area contributed by atoms with Gasteiger partial charge in [0.25, 0.3) is 0 Å². The number of amides is 1. The Hall–Kier alpha value is -1.55. The van der Waals surface area contributed by atoms with Gasteiger partial charge >= 0.3 is 5.97 Å². The minimum Gasteiger partial charge on any atom is -0.480 e. The Kier molecular flexibility index (Phi) is 5.01. The molecular weight excluding hydrogens is 278 g/mol.